The molecular formula is C8H13N3. The van der Waals surface area contributed by atoms with Gasteiger partial charge in [0.1, 0.15) is 12.2 Å². The highest BCUT2D eigenvalue weighted by Gasteiger charge is 1.99. The van der Waals surface area contributed by atoms with Crippen LogP contribution in [-0.4, -0.2) is 14.8 Å². The van der Waals surface area contributed by atoms with E-state index >= 15 is 0 Å². The van der Waals surface area contributed by atoms with Crippen LogP contribution in [0, 0.1) is 0 Å². The third-order valence-corrected chi connectivity index (χ3v) is 1.57. The molecule has 0 aliphatic carbocycles. The van der Waals surface area contributed by atoms with Crippen molar-refractivity contribution in [1.29, 1.82) is 0 Å². The topological polar surface area (TPSA) is 30.7 Å². The third-order valence-electron chi connectivity index (χ3n) is 1.57. The molecule has 0 aliphatic heterocycles. The maximum absolute atomic E-state index is 4.13. The minimum Gasteiger partial charge on any atom is -0.250 e. The van der Waals surface area contributed by atoms with E-state index in [4.69, 9.17) is 0 Å². The predicted octanol–water partition coefficient (Wildman–Crippen LogP) is 1.42. The molecule has 0 radical (unpaired) electrons. The minimum atomic E-state index is 0.895. The summed E-state index contributed by atoms with van der Waals surface area (Å²) < 4.78 is 1.91. The van der Waals surface area contributed by atoms with Gasteiger partial charge in [-0.05, 0) is 13.3 Å². The van der Waals surface area contributed by atoms with Crippen molar-refractivity contribution >= 4 is 0 Å². The molecule has 0 aliphatic rings. The quantitative estimate of drug-likeness (QED) is 0.609. The fourth-order valence-corrected chi connectivity index (χ4v) is 0.977. The van der Waals surface area contributed by atoms with Crippen LogP contribution in [0.15, 0.2) is 19.0 Å². The van der Waals surface area contributed by atoms with Crippen LogP contribution in [0.5, 0.6) is 0 Å². The first kappa shape index (κ1) is 7.98. The Morgan fingerprint density at radius 2 is 2.55 bits per heavy atom. The average Bonchev–Trinajstić information content (AvgIpc) is 2.47. The monoisotopic (exact) mass is 151 g/mol. The summed E-state index contributed by atoms with van der Waals surface area (Å²) in [4.78, 5) is 4.13. The molecule has 0 bridgehead atoms. The molecule has 3 heteroatoms. The van der Waals surface area contributed by atoms with E-state index in [-0.39, 0.29) is 0 Å². The van der Waals surface area contributed by atoms with Crippen LogP contribution in [0.3, 0.4) is 0 Å². The highest BCUT2D eigenvalue weighted by Crippen LogP contribution is 1.98. The Morgan fingerprint density at radius 3 is 3.18 bits per heavy atom. The molecule has 11 heavy (non-hydrogen) atoms. The molecule has 1 heterocycles. The number of rotatable bonds is 4. The van der Waals surface area contributed by atoms with E-state index in [1.165, 1.54) is 0 Å². The molecule has 3 nitrogen and oxygen atoms in total. The Bertz CT molecular complexity index is 227. The predicted molar refractivity (Wildman–Crippen MR) is 44.2 cm³/mol. The maximum Gasteiger partial charge on any atom is 0.138 e. The Morgan fingerprint density at radius 1 is 1.73 bits per heavy atom. The van der Waals surface area contributed by atoms with Crippen LogP contribution in [0.25, 0.3) is 0 Å². The maximum atomic E-state index is 4.13. The lowest BCUT2D eigenvalue weighted by Gasteiger charge is -1.99. The van der Waals surface area contributed by atoms with E-state index in [1.807, 2.05) is 10.8 Å². The standard InChI is InChI=1S/C8H13N3/c1-3-5-6-8-9-7-10-11(8)4-2/h3,7H,1,4-6H2,2H3. The second-order valence-electron chi connectivity index (χ2n) is 2.32. The van der Waals surface area contributed by atoms with Gasteiger partial charge in [0.15, 0.2) is 0 Å². The summed E-state index contributed by atoms with van der Waals surface area (Å²) in [5.41, 5.74) is 0. The fraction of sp³-hybridized carbons (Fsp3) is 0.500. The molecule has 0 saturated heterocycles. The van der Waals surface area contributed by atoms with Crippen LogP contribution in [0.2, 0.25) is 0 Å². The van der Waals surface area contributed by atoms with Gasteiger partial charge in [-0.2, -0.15) is 5.10 Å². The highest BCUT2D eigenvalue weighted by molar-refractivity contribution is 4.87. The average molecular weight is 151 g/mol. The van der Waals surface area contributed by atoms with Crippen molar-refractivity contribution in [1.82, 2.24) is 14.8 Å². The van der Waals surface area contributed by atoms with Gasteiger partial charge >= 0.3 is 0 Å². The molecular weight excluding hydrogens is 138 g/mol. The van der Waals surface area contributed by atoms with E-state index < -0.39 is 0 Å². The first-order valence-corrected chi connectivity index (χ1v) is 3.86. The summed E-state index contributed by atoms with van der Waals surface area (Å²) in [5.74, 6) is 1.05. The van der Waals surface area contributed by atoms with Crippen molar-refractivity contribution < 1.29 is 0 Å². The lowest BCUT2D eigenvalue weighted by atomic mass is 10.3. The van der Waals surface area contributed by atoms with Crippen LogP contribution in [-0.2, 0) is 13.0 Å². The number of hydrogen-bond acceptors (Lipinski definition) is 2. The van der Waals surface area contributed by atoms with E-state index in [9.17, 15) is 0 Å². The van der Waals surface area contributed by atoms with Crippen LogP contribution in [0.4, 0.5) is 0 Å². The van der Waals surface area contributed by atoms with Gasteiger partial charge in [-0.15, -0.1) is 6.58 Å². The van der Waals surface area contributed by atoms with Gasteiger partial charge in [0.2, 0.25) is 0 Å². The first-order chi connectivity index (χ1) is 5.38. The van der Waals surface area contributed by atoms with Crippen LogP contribution < -0.4 is 0 Å². The van der Waals surface area contributed by atoms with E-state index in [0.717, 1.165) is 25.2 Å². The number of allylic oxidation sites excluding steroid dienone is 1. The SMILES string of the molecule is C=CCCc1ncnn1CC. The third kappa shape index (κ3) is 1.90. The molecule has 60 valence electrons. The number of nitrogens with zero attached hydrogens (tertiary/aromatic N) is 3. The largest absolute Gasteiger partial charge is 0.250 e. The zero-order valence-corrected chi connectivity index (χ0v) is 6.82. The van der Waals surface area contributed by atoms with Crippen molar-refractivity contribution in [3.05, 3.63) is 24.8 Å². The van der Waals surface area contributed by atoms with Gasteiger partial charge in [0.05, 0.1) is 0 Å². The Kier molecular flexibility index (Phi) is 2.83. The normalized spacial score (nSPS) is 9.91. The Balaban J connectivity index is 2.60. The van der Waals surface area contributed by atoms with Gasteiger partial charge in [-0.1, -0.05) is 6.08 Å². The summed E-state index contributed by atoms with van der Waals surface area (Å²) in [6.07, 6.45) is 5.41. The van der Waals surface area contributed by atoms with Crippen molar-refractivity contribution in [3.63, 3.8) is 0 Å². The molecule has 0 atom stereocenters. The molecule has 0 amide bonds. The Labute approximate surface area is 66.8 Å². The highest BCUT2D eigenvalue weighted by atomic mass is 15.3. The van der Waals surface area contributed by atoms with Gasteiger partial charge in [0.25, 0.3) is 0 Å². The lowest BCUT2D eigenvalue weighted by molar-refractivity contribution is 0.613. The first-order valence-electron chi connectivity index (χ1n) is 3.86. The zero-order chi connectivity index (χ0) is 8.10. The molecule has 0 unspecified atom stereocenters. The smallest absolute Gasteiger partial charge is 0.138 e. The van der Waals surface area contributed by atoms with Crippen molar-refractivity contribution in [2.24, 2.45) is 0 Å². The summed E-state index contributed by atoms with van der Waals surface area (Å²) in [6.45, 7) is 6.62. The number of aromatic nitrogens is 3. The van der Waals surface area contributed by atoms with E-state index in [2.05, 4.69) is 23.6 Å². The molecule has 1 aromatic heterocycles. The lowest BCUT2D eigenvalue weighted by Crippen LogP contribution is -2.02. The van der Waals surface area contributed by atoms with E-state index in [0.29, 0.717) is 0 Å². The molecule has 0 fully saturated rings. The van der Waals surface area contributed by atoms with Crippen molar-refractivity contribution in [2.45, 2.75) is 26.3 Å². The number of aryl methyl sites for hydroxylation is 2. The molecule has 0 aromatic carbocycles. The van der Waals surface area contributed by atoms with Gasteiger partial charge < -0.3 is 0 Å². The minimum absolute atomic E-state index is 0.895. The fourth-order valence-electron chi connectivity index (χ4n) is 0.977. The molecule has 0 spiro atoms. The summed E-state index contributed by atoms with van der Waals surface area (Å²) in [6, 6.07) is 0. The summed E-state index contributed by atoms with van der Waals surface area (Å²) in [5, 5.41) is 4.06. The van der Waals surface area contributed by atoms with Crippen LogP contribution >= 0.6 is 0 Å². The van der Waals surface area contributed by atoms with E-state index in [1.54, 1.807) is 6.33 Å². The Hall–Kier alpha value is -1.12. The van der Waals surface area contributed by atoms with Gasteiger partial charge in [-0.3, -0.25) is 4.68 Å². The van der Waals surface area contributed by atoms with Crippen molar-refractivity contribution in [3.8, 4) is 0 Å². The molecule has 1 rings (SSSR count). The molecule has 0 N–H and O–H groups in total. The van der Waals surface area contributed by atoms with Gasteiger partial charge in [-0.25, -0.2) is 4.98 Å². The number of hydrogen-bond donors (Lipinski definition) is 0. The molecule has 1 aromatic rings. The van der Waals surface area contributed by atoms with Crippen LogP contribution in [0.1, 0.15) is 19.2 Å². The van der Waals surface area contributed by atoms with Crippen molar-refractivity contribution in [2.75, 3.05) is 0 Å². The zero-order valence-electron chi connectivity index (χ0n) is 6.82. The summed E-state index contributed by atoms with van der Waals surface area (Å²) >= 11 is 0. The second-order valence-corrected chi connectivity index (χ2v) is 2.32. The second kappa shape index (κ2) is 3.91. The molecule has 0 saturated carbocycles. The van der Waals surface area contributed by atoms with Gasteiger partial charge in [0, 0.05) is 13.0 Å². The summed E-state index contributed by atoms with van der Waals surface area (Å²) in [7, 11) is 0.